The first-order valence-electron chi connectivity index (χ1n) is 14.3. The van der Waals surface area contributed by atoms with Crippen LogP contribution in [0.4, 0.5) is 14.4 Å². The maximum absolute atomic E-state index is 12.6. The number of carbonyl (C=O) groups excluding carboxylic acids is 3. The topological polar surface area (TPSA) is 156 Å². The van der Waals surface area contributed by atoms with Crippen molar-refractivity contribution in [2.24, 2.45) is 11.8 Å². The Morgan fingerprint density at radius 2 is 1.31 bits per heavy atom. The Morgan fingerprint density at radius 3 is 1.76 bits per heavy atom. The molecule has 12 nitrogen and oxygen atoms in total. The van der Waals surface area contributed by atoms with Crippen molar-refractivity contribution in [1.82, 2.24) is 5.32 Å². The zero-order valence-electron chi connectivity index (χ0n) is 26.2. The van der Waals surface area contributed by atoms with Crippen LogP contribution in [0.25, 0.3) is 0 Å². The summed E-state index contributed by atoms with van der Waals surface area (Å²) >= 11 is 0. The number of carboxylic acid groups (broad SMARTS) is 1. The lowest BCUT2D eigenvalue weighted by molar-refractivity contribution is -0.169. The maximum atomic E-state index is 12.6. The lowest BCUT2D eigenvalue weighted by atomic mass is 10.00. The van der Waals surface area contributed by atoms with Crippen LogP contribution in [0.3, 0.4) is 0 Å². The van der Waals surface area contributed by atoms with Crippen molar-refractivity contribution in [3.05, 3.63) is 23.8 Å². The molecule has 1 rings (SSSR count). The molecule has 1 aromatic rings. The Hall–Kier alpha value is -3.54. The first-order chi connectivity index (χ1) is 19.5. The van der Waals surface area contributed by atoms with Gasteiger partial charge in [0.2, 0.25) is 0 Å². The molecular weight excluding hydrogens is 550 g/mol. The van der Waals surface area contributed by atoms with Gasteiger partial charge in [-0.05, 0) is 63.6 Å². The van der Waals surface area contributed by atoms with Gasteiger partial charge in [0.05, 0.1) is 13.2 Å². The number of aliphatic carboxylic acids is 1. The number of carbonyl (C=O) groups is 4. The molecule has 0 aromatic heterocycles. The highest BCUT2D eigenvalue weighted by Gasteiger charge is 2.45. The van der Waals surface area contributed by atoms with Gasteiger partial charge in [-0.25, -0.2) is 19.2 Å². The van der Waals surface area contributed by atoms with Gasteiger partial charge < -0.3 is 33.5 Å². The van der Waals surface area contributed by atoms with Gasteiger partial charge in [0.1, 0.15) is 5.60 Å². The van der Waals surface area contributed by atoms with E-state index in [4.69, 9.17) is 28.4 Å². The predicted octanol–water partition coefficient (Wildman–Crippen LogP) is 6.47. The minimum atomic E-state index is -2.25. The lowest BCUT2D eigenvalue weighted by Gasteiger charge is -2.33. The summed E-state index contributed by atoms with van der Waals surface area (Å²) in [6, 6.07) is 3.69. The molecule has 0 fully saturated rings. The van der Waals surface area contributed by atoms with Crippen LogP contribution in [-0.2, 0) is 30.2 Å². The molecule has 0 heterocycles. The molecule has 238 valence electrons. The minimum absolute atomic E-state index is 0.0861. The maximum Gasteiger partial charge on any atom is 0.513 e. The Balaban J connectivity index is 3.43. The molecule has 0 amide bonds. The van der Waals surface area contributed by atoms with Gasteiger partial charge in [0.25, 0.3) is 5.72 Å². The van der Waals surface area contributed by atoms with Crippen molar-refractivity contribution in [3.63, 3.8) is 0 Å². The number of carboxylic acids is 1. The van der Waals surface area contributed by atoms with E-state index in [-0.39, 0.29) is 48.2 Å². The fourth-order valence-electron chi connectivity index (χ4n) is 3.22. The Kier molecular flexibility index (Phi) is 14.6. The monoisotopic (exact) mass is 597 g/mol. The second kappa shape index (κ2) is 16.8. The highest BCUT2D eigenvalue weighted by Crippen LogP contribution is 2.32. The summed E-state index contributed by atoms with van der Waals surface area (Å²) in [5, 5.41) is 13.1. The average molecular weight is 598 g/mol. The molecule has 1 aromatic carbocycles. The third kappa shape index (κ3) is 13.0. The lowest BCUT2D eigenvalue weighted by Crippen LogP contribution is -2.60. The van der Waals surface area contributed by atoms with Crippen LogP contribution in [0.5, 0.6) is 11.5 Å². The second-order valence-electron chi connectivity index (χ2n) is 11.5. The van der Waals surface area contributed by atoms with Gasteiger partial charge in [-0.1, -0.05) is 53.5 Å². The van der Waals surface area contributed by atoms with E-state index in [1.165, 1.54) is 18.2 Å². The van der Waals surface area contributed by atoms with E-state index in [0.717, 1.165) is 12.8 Å². The largest absolute Gasteiger partial charge is 0.513 e. The quantitative estimate of drug-likeness (QED) is 0.0984. The molecule has 4 atom stereocenters. The number of hydrogen-bond acceptors (Lipinski definition) is 11. The first-order valence-corrected chi connectivity index (χ1v) is 14.3. The Labute approximate surface area is 248 Å². The van der Waals surface area contributed by atoms with Crippen molar-refractivity contribution < 1.29 is 52.7 Å². The SMILES string of the molecule is CCC(C)COC(=O)Oc1ccc(C[C@](NC(C)CC)(OC(=O)OC(C)(C)C)C(=O)O)cc1OC(=O)OCC(C)CC. The van der Waals surface area contributed by atoms with E-state index in [0.29, 0.717) is 6.42 Å². The molecular formula is C30H47NO11. The second-order valence-corrected chi connectivity index (χ2v) is 11.5. The van der Waals surface area contributed by atoms with Gasteiger partial charge >= 0.3 is 24.4 Å². The van der Waals surface area contributed by atoms with Crippen LogP contribution in [-0.4, -0.2) is 60.1 Å². The number of nitrogens with one attached hydrogen (secondary N) is 1. The summed E-state index contributed by atoms with van der Waals surface area (Å²) in [7, 11) is 0. The van der Waals surface area contributed by atoms with Crippen molar-refractivity contribution in [2.75, 3.05) is 13.2 Å². The van der Waals surface area contributed by atoms with E-state index in [2.05, 4.69) is 5.32 Å². The summed E-state index contributed by atoms with van der Waals surface area (Å²) < 4.78 is 31.6. The molecule has 0 aliphatic rings. The third-order valence-electron chi connectivity index (χ3n) is 6.30. The number of benzene rings is 1. The molecule has 12 heteroatoms. The first kappa shape index (κ1) is 36.5. The van der Waals surface area contributed by atoms with Crippen LogP contribution < -0.4 is 14.8 Å². The van der Waals surface area contributed by atoms with Crippen LogP contribution >= 0.6 is 0 Å². The molecule has 42 heavy (non-hydrogen) atoms. The number of rotatable bonds is 15. The molecule has 3 unspecified atom stereocenters. The zero-order chi connectivity index (χ0) is 32.1. The van der Waals surface area contributed by atoms with Crippen LogP contribution in [0.2, 0.25) is 0 Å². The van der Waals surface area contributed by atoms with Gasteiger partial charge in [-0.2, -0.15) is 0 Å². The third-order valence-corrected chi connectivity index (χ3v) is 6.30. The summed E-state index contributed by atoms with van der Waals surface area (Å²) in [5.74, 6) is -1.65. The average Bonchev–Trinajstić information content (AvgIpc) is 2.90. The van der Waals surface area contributed by atoms with E-state index < -0.39 is 42.2 Å². The molecule has 0 aliphatic heterocycles. The fraction of sp³-hybridized carbons (Fsp3) is 0.667. The standard InChI is InChI=1S/C30H47NO11/c1-10-19(4)17-37-26(34)39-23-14-13-22(15-24(23)40-27(35)38-18-20(5)11-2)16-30(25(32)33,31-21(6)12-3)42-28(36)41-29(7,8)9/h13-15,19-21,31H,10-12,16-18H2,1-9H3,(H,32,33)/t19?,20?,21?,30-/m0/s1. The summed E-state index contributed by atoms with van der Waals surface area (Å²) in [5.41, 5.74) is -2.91. The minimum Gasteiger partial charge on any atom is -0.477 e. The van der Waals surface area contributed by atoms with E-state index in [1.54, 1.807) is 27.7 Å². The van der Waals surface area contributed by atoms with E-state index in [1.807, 2.05) is 34.6 Å². The highest BCUT2D eigenvalue weighted by atomic mass is 16.8. The zero-order valence-corrected chi connectivity index (χ0v) is 26.2. The van der Waals surface area contributed by atoms with Crippen molar-refractivity contribution in [1.29, 1.82) is 0 Å². The van der Waals surface area contributed by atoms with Crippen molar-refractivity contribution in [2.45, 2.75) is 105 Å². The van der Waals surface area contributed by atoms with Gasteiger partial charge in [0.15, 0.2) is 11.5 Å². The molecule has 0 radical (unpaired) electrons. The molecule has 0 aliphatic carbocycles. The van der Waals surface area contributed by atoms with Gasteiger partial charge in [-0.3, -0.25) is 5.32 Å². The van der Waals surface area contributed by atoms with Crippen LogP contribution in [0.15, 0.2) is 18.2 Å². The van der Waals surface area contributed by atoms with Crippen LogP contribution in [0, 0.1) is 11.8 Å². The Bertz CT molecular complexity index is 1050. The number of hydrogen-bond donors (Lipinski definition) is 2. The molecule has 0 saturated heterocycles. The summed E-state index contributed by atoms with van der Waals surface area (Å²) in [6.45, 7) is 16.4. The molecule has 2 N–H and O–H groups in total. The molecule has 0 bridgehead atoms. The fourth-order valence-corrected chi connectivity index (χ4v) is 3.22. The van der Waals surface area contributed by atoms with Crippen LogP contribution in [0.1, 0.15) is 87.1 Å². The molecule has 0 saturated carbocycles. The molecule has 0 spiro atoms. The summed E-state index contributed by atoms with van der Waals surface area (Å²) in [6.07, 6.45) is -1.55. The summed E-state index contributed by atoms with van der Waals surface area (Å²) in [4.78, 5) is 50.0. The number of ether oxygens (including phenoxy) is 6. The Morgan fingerprint density at radius 1 is 0.786 bits per heavy atom. The van der Waals surface area contributed by atoms with Gasteiger partial charge in [-0.15, -0.1) is 0 Å². The normalized spacial score (nSPS) is 14.9. The van der Waals surface area contributed by atoms with Gasteiger partial charge in [0, 0.05) is 12.5 Å². The highest BCUT2D eigenvalue weighted by molar-refractivity contribution is 5.80. The van der Waals surface area contributed by atoms with E-state index >= 15 is 0 Å². The van der Waals surface area contributed by atoms with E-state index in [9.17, 15) is 24.3 Å². The van der Waals surface area contributed by atoms with Crippen molar-refractivity contribution in [3.8, 4) is 11.5 Å². The smallest absolute Gasteiger partial charge is 0.477 e. The van der Waals surface area contributed by atoms with Crippen molar-refractivity contribution >= 4 is 24.4 Å². The predicted molar refractivity (Wildman–Crippen MR) is 154 cm³/mol.